The Morgan fingerprint density at radius 3 is 2.78 bits per heavy atom. The van der Waals surface area contributed by atoms with Gasteiger partial charge in [0.1, 0.15) is 0 Å². The Balaban J connectivity index is 2.13. The summed E-state index contributed by atoms with van der Waals surface area (Å²) >= 11 is 3.65. The monoisotopic (exact) mass is 310 g/mol. The summed E-state index contributed by atoms with van der Waals surface area (Å²) in [4.78, 5) is 2.50. The molecule has 0 amide bonds. The third-order valence-electron chi connectivity index (χ3n) is 4.41. The van der Waals surface area contributed by atoms with Gasteiger partial charge >= 0.3 is 0 Å². The predicted octanol–water partition coefficient (Wildman–Crippen LogP) is 3.57. The molecule has 100 valence electrons. The molecule has 0 saturated heterocycles. The maximum Gasteiger partial charge on any atom is 0.0331 e. The molecule has 0 aromatic heterocycles. The molecule has 0 radical (unpaired) electrons. The van der Waals surface area contributed by atoms with Crippen LogP contribution in [0.2, 0.25) is 0 Å². The van der Waals surface area contributed by atoms with E-state index in [1.807, 2.05) is 0 Å². The topological polar surface area (TPSA) is 29.3 Å². The number of nitrogens with two attached hydrogens (primary N) is 1. The quantitative estimate of drug-likeness (QED) is 0.921. The molecule has 3 atom stereocenters. The fourth-order valence-corrected chi connectivity index (χ4v) is 3.76. The lowest BCUT2D eigenvalue weighted by atomic mass is 9.99. The van der Waals surface area contributed by atoms with Gasteiger partial charge in [0.25, 0.3) is 0 Å². The van der Waals surface area contributed by atoms with Crippen molar-refractivity contribution in [3.05, 3.63) is 34.3 Å². The van der Waals surface area contributed by atoms with Crippen molar-refractivity contribution in [2.75, 3.05) is 13.6 Å². The summed E-state index contributed by atoms with van der Waals surface area (Å²) < 4.78 is 1.20. The number of rotatable bonds is 4. The molecule has 0 bridgehead atoms. The minimum Gasteiger partial charge on any atom is -0.330 e. The van der Waals surface area contributed by atoms with Crippen molar-refractivity contribution in [3.8, 4) is 0 Å². The molecular weight excluding hydrogens is 288 g/mol. The molecule has 3 heteroatoms. The number of nitrogens with zero attached hydrogens (tertiary/aromatic N) is 1. The molecule has 3 unspecified atom stereocenters. The van der Waals surface area contributed by atoms with Gasteiger partial charge in [-0.05, 0) is 50.9 Å². The molecule has 0 spiro atoms. The maximum absolute atomic E-state index is 5.89. The highest BCUT2D eigenvalue weighted by molar-refractivity contribution is 9.10. The van der Waals surface area contributed by atoms with E-state index in [4.69, 9.17) is 5.73 Å². The molecule has 2 nitrogen and oxygen atoms in total. The Kier molecular flexibility index (Phi) is 4.82. The Morgan fingerprint density at radius 1 is 1.39 bits per heavy atom. The van der Waals surface area contributed by atoms with E-state index >= 15 is 0 Å². The molecule has 0 heterocycles. The summed E-state index contributed by atoms with van der Waals surface area (Å²) in [6, 6.07) is 9.57. The first kappa shape index (κ1) is 14.0. The molecule has 0 aliphatic heterocycles. The van der Waals surface area contributed by atoms with Crippen molar-refractivity contribution in [2.45, 2.75) is 38.3 Å². The third-order valence-corrected chi connectivity index (χ3v) is 5.13. The first-order valence-electron chi connectivity index (χ1n) is 6.81. The van der Waals surface area contributed by atoms with Crippen molar-refractivity contribution in [3.63, 3.8) is 0 Å². The van der Waals surface area contributed by atoms with E-state index in [1.54, 1.807) is 0 Å². The summed E-state index contributed by atoms with van der Waals surface area (Å²) in [6.07, 6.45) is 3.89. The van der Waals surface area contributed by atoms with Crippen LogP contribution in [0.1, 0.15) is 37.8 Å². The average molecular weight is 311 g/mol. The van der Waals surface area contributed by atoms with Gasteiger partial charge in [-0.3, -0.25) is 4.90 Å². The lowest BCUT2D eigenvalue weighted by Gasteiger charge is -2.34. The summed E-state index contributed by atoms with van der Waals surface area (Å²) in [5.74, 6) is 0.667. The van der Waals surface area contributed by atoms with E-state index in [9.17, 15) is 0 Å². The molecule has 18 heavy (non-hydrogen) atoms. The molecule has 2 N–H and O–H groups in total. The van der Waals surface area contributed by atoms with E-state index in [-0.39, 0.29) is 0 Å². The van der Waals surface area contributed by atoms with E-state index in [1.165, 1.54) is 29.3 Å². The molecule has 1 aliphatic carbocycles. The van der Waals surface area contributed by atoms with E-state index in [0.29, 0.717) is 18.0 Å². The standard InChI is InChI=1S/C15H23BrN2/c1-11(13-7-3-4-8-14(13)16)18(2)15-9-5-6-12(15)10-17/h3-4,7-8,11-12,15H,5-6,9-10,17H2,1-2H3. The Hall–Kier alpha value is -0.380. The third kappa shape index (κ3) is 2.79. The van der Waals surface area contributed by atoms with Gasteiger partial charge in [-0.2, -0.15) is 0 Å². The van der Waals surface area contributed by atoms with Crippen molar-refractivity contribution in [1.29, 1.82) is 0 Å². The number of benzene rings is 1. The second-order valence-electron chi connectivity index (χ2n) is 5.36. The zero-order chi connectivity index (χ0) is 13.1. The SMILES string of the molecule is CC(c1ccccc1Br)N(C)C1CCCC1CN. The van der Waals surface area contributed by atoms with Crippen LogP contribution in [0.25, 0.3) is 0 Å². The second kappa shape index (κ2) is 6.18. The van der Waals surface area contributed by atoms with Crippen LogP contribution >= 0.6 is 15.9 Å². The molecule has 1 fully saturated rings. The highest BCUT2D eigenvalue weighted by atomic mass is 79.9. The second-order valence-corrected chi connectivity index (χ2v) is 6.21. The fourth-order valence-electron chi connectivity index (χ4n) is 3.15. The lowest BCUT2D eigenvalue weighted by molar-refractivity contribution is 0.152. The summed E-state index contributed by atoms with van der Waals surface area (Å²) in [7, 11) is 2.24. The first-order valence-corrected chi connectivity index (χ1v) is 7.61. The van der Waals surface area contributed by atoms with Gasteiger partial charge < -0.3 is 5.73 Å². The minimum absolute atomic E-state index is 0.428. The Labute approximate surface area is 119 Å². The fraction of sp³-hybridized carbons (Fsp3) is 0.600. The molecule has 2 rings (SSSR count). The first-order chi connectivity index (χ1) is 8.65. The maximum atomic E-state index is 5.89. The molecule has 1 saturated carbocycles. The summed E-state index contributed by atoms with van der Waals surface area (Å²) in [5, 5.41) is 0. The lowest BCUT2D eigenvalue weighted by Crippen LogP contribution is -2.39. The summed E-state index contributed by atoms with van der Waals surface area (Å²) in [6.45, 7) is 3.10. The Bertz CT molecular complexity index is 394. The normalized spacial score (nSPS) is 25.6. The van der Waals surface area contributed by atoms with E-state index in [0.717, 1.165) is 6.54 Å². The van der Waals surface area contributed by atoms with Crippen LogP contribution in [0.5, 0.6) is 0 Å². The van der Waals surface area contributed by atoms with Crippen LogP contribution in [0.15, 0.2) is 28.7 Å². The number of halogens is 1. The van der Waals surface area contributed by atoms with Gasteiger partial charge in [0.15, 0.2) is 0 Å². The van der Waals surface area contributed by atoms with Gasteiger partial charge in [0.2, 0.25) is 0 Å². The minimum atomic E-state index is 0.428. The van der Waals surface area contributed by atoms with Gasteiger partial charge in [0.05, 0.1) is 0 Å². The largest absolute Gasteiger partial charge is 0.330 e. The van der Waals surface area contributed by atoms with Crippen LogP contribution in [-0.2, 0) is 0 Å². The van der Waals surface area contributed by atoms with Crippen molar-refractivity contribution in [2.24, 2.45) is 11.7 Å². The van der Waals surface area contributed by atoms with Crippen LogP contribution in [-0.4, -0.2) is 24.5 Å². The summed E-state index contributed by atoms with van der Waals surface area (Å²) in [5.41, 5.74) is 7.26. The Morgan fingerprint density at radius 2 is 2.11 bits per heavy atom. The smallest absolute Gasteiger partial charge is 0.0331 e. The van der Waals surface area contributed by atoms with E-state index < -0.39 is 0 Å². The molecule has 1 aromatic rings. The van der Waals surface area contributed by atoms with Gasteiger partial charge in [-0.1, -0.05) is 40.5 Å². The molecule has 1 aromatic carbocycles. The van der Waals surface area contributed by atoms with Crippen LogP contribution in [0.3, 0.4) is 0 Å². The van der Waals surface area contributed by atoms with Crippen molar-refractivity contribution < 1.29 is 0 Å². The molecule has 1 aliphatic rings. The zero-order valence-corrected chi connectivity index (χ0v) is 12.9. The zero-order valence-electron chi connectivity index (χ0n) is 11.3. The number of hydrogen-bond acceptors (Lipinski definition) is 2. The highest BCUT2D eigenvalue weighted by Crippen LogP contribution is 2.35. The van der Waals surface area contributed by atoms with Gasteiger partial charge in [-0.25, -0.2) is 0 Å². The average Bonchev–Trinajstić information content (AvgIpc) is 2.86. The number of hydrogen-bond donors (Lipinski definition) is 1. The van der Waals surface area contributed by atoms with Crippen LogP contribution < -0.4 is 5.73 Å². The predicted molar refractivity (Wildman–Crippen MR) is 80.5 cm³/mol. The highest BCUT2D eigenvalue weighted by Gasteiger charge is 2.32. The van der Waals surface area contributed by atoms with Crippen molar-refractivity contribution >= 4 is 15.9 Å². The molecular formula is C15H23BrN2. The van der Waals surface area contributed by atoms with Crippen molar-refractivity contribution in [1.82, 2.24) is 4.90 Å². The van der Waals surface area contributed by atoms with Gasteiger partial charge in [-0.15, -0.1) is 0 Å². The van der Waals surface area contributed by atoms with Crippen LogP contribution in [0, 0.1) is 5.92 Å². The van der Waals surface area contributed by atoms with Gasteiger partial charge in [0, 0.05) is 16.6 Å². The van der Waals surface area contributed by atoms with Crippen LogP contribution in [0.4, 0.5) is 0 Å². The van der Waals surface area contributed by atoms with E-state index in [2.05, 4.69) is 59.1 Å².